The third-order valence-electron chi connectivity index (χ3n) is 2.88. The lowest BCUT2D eigenvalue weighted by Gasteiger charge is -2.25. The van der Waals surface area contributed by atoms with E-state index in [1.165, 1.54) is 19.3 Å². The van der Waals surface area contributed by atoms with E-state index in [9.17, 15) is 0 Å². The lowest BCUT2D eigenvalue weighted by molar-refractivity contribution is 0.180. The van der Waals surface area contributed by atoms with Gasteiger partial charge in [0.2, 0.25) is 0 Å². The van der Waals surface area contributed by atoms with Crippen LogP contribution in [0.5, 0.6) is 5.75 Å². The van der Waals surface area contributed by atoms with Crippen molar-refractivity contribution in [1.82, 2.24) is 0 Å². The highest BCUT2D eigenvalue weighted by molar-refractivity contribution is 9.10. The Morgan fingerprint density at radius 2 is 2.20 bits per heavy atom. The minimum Gasteiger partial charge on any atom is -0.491 e. The van der Waals surface area contributed by atoms with Crippen LogP contribution in [-0.2, 0) is 0 Å². The van der Waals surface area contributed by atoms with Crippen molar-refractivity contribution in [2.75, 3.05) is 6.61 Å². The molecule has 0 saturated heterocycles. The molecule has 0 spiro atoms. The fourth-order valence-electron chi connectivity index (χ4n) is 1.73. The smallest absolute Gasteiger partial charge is 0.140 e. The summed E-state index contributed by atoms with van der Waals surface area (Å²) in [5.41, 5.74) is 1.09. The van der Waals surface area contributed by atoms with Crippen LogP contribution in [0.15, 0.2) is 16.6 Å². The molecule has 0 amide bonds. The maximum atomic E-state index is 6.12. The molecule has 0 bridgehead atoms. The highest BCUT2D eigenvalue weighted by atomic mass is 79.9. The molecule has 82 valence electrons. The molecule has 0 aliphatic heterocycles. The van der Waals surface area contributed by atoms with Crippen molar-refractivity contribution in [2.45, 2.75) is 26.2 Å². The first-order valence-corrected chi connectivity index (χ1v) is 6.42. The first-order chi connectivity index (χ1) is 7.16. The van der Waals surface area contributed by atoms with Gasteiger partial charge in [-0.1, -0.05) is 34.0 Å². The average Bonchev–Trinajstić information content (AvgIpc) is 2.06. The van der Waals surface area contributed by atoms with E-state index in [2.05, 4.69) is 15.9 Å². The molecule has 1 aliphatic carbocycles. The summed E-state index contributed by atoms with van der Waals surface area (Å²) in [5.74, 6) is 1.58. The molecule has 1 aromatic rings. The second-order valence-corrected chi connectivity index (χ2v) is 5.46. The van der Waals surface area contributed by atoms with Crippen molar-refractivity contribution in [3.05, 3.63) is 27.2 Å². The van der Waals surface area contributed by atoms with E-state index >= 15 is 0 Å². The van der Waals surface area contributed by atoms with Crippen LogP contribution >= 0.6 is 27.5 Å². The van der Waals surface area contributed by atoms with Crippen LogP contribution in [0.2, 0.25) is 5.02 Å². The van der Waals surface area contributed by atoms with Crippen LogP contribution in [-0.4, -0.2) is 6.61 Å². The van der Waals surface area contributed by atoms with Crippen molar-refractivity contribution in [3.8, 4) is 5.75 Å². The Kier molecular flexibility index (Phi) is 3.57. The normalized spacial score (nSPS) is 16.2. The first-order valence-electron chi connectivity index (χ1n) is 5.25. The van der Waals surface area contributed by atoms with Gasteiger partial charge < -0.3 is 4.74 Å². The first kappa shape index (κ1) is 11.3. The van der Waals surface area contributed by atoms with Gasteiger partial charge in [0, 0.05) is 4.47 Å². The third-order valence-corrected chi connectivity index (χ3v) is 3.62. The van der Waals surface area contributed by atoms with Crippen LogP contribution in [0.4, 0.5) is 0 Å². The lowest BCUT2D eigenvalue weighted by atomic mass is 9.86. The van der Waals surface area contributed by atoms with Crippen LogP contribution in [0.25, 0.3) is 0 Å². The van der Waals surface area contributed by atoms with E-state index < -0.39 is 0 Å². The van der Waals surface area contributed by atoms with Gasteiger partial charge in [0.05, 0.1) is 11.6 Å². The third kappa shape index (κ3) is 2.67. The molecule has 3 heteroatoms. The molecule has 0 atom stereocenters. The van der Waals surface area contributed by atoms with Crippen LogP contribution in [0, 0.1) is 12.8 Å². The highest BCUT2D eigenvalue weighted by Gasteiger charge is 2.19. The fraction of sp³-hybridized carbons (Fsp3) is 0.500. The van der Waals surface area contributed by atoms with Crippen molar-refractivity contribution in [2.24, 2.45) is 5.92 Å². The van der Waals surface area contributed by atoms with Gasteiger partial charge in [-0.15, -0.1) is 0 Å². The van der Waals surface area contributed by atoms with Gasteiger partial charge >= 0.3 is 0 Å². The predicted molar refractivity (Wildman–Crippen MR) is 66.7 cm³/mol. The maximum absolute atomic E-state index is 6.12. The van der Waals surface area contributed by atoms with Gasteiger partial charge in [-0.2, -0.15) is 0 Å². The second-order valence-electron chi connectivity index (χ2n) is 4.14. The molecule has 0 heterocycles. The van der Waals surface area contributed by atoms with E-state index in [0.29, 0.717) is 5.02 Å². The zero-order valence-corrected chi connectivity index (χ0v) is 11.1. The standard InChI is InChI=1S/C12H14BrClO/c1-8-5-10(13)6-11(14)12(8)15-7-9-3-2-4-9/h5-6,9H,2-4,7H2,1H3. The topological polar surface area (TPSA) is 9.23 Å². The van der Waals surface area contributed by atoms with Gasteiger partial charge in [0.25, 0.3) is 0 Å². The zero-order valence-electron chi connectivity index (χ0n) is 8.72. The van der Waals surface area contributed by atoms with Gasteiger partial charge in [-0.3, -0.25) is 0 Å². The quantitative estimate of drug-likeness (QED) is 0.791. The van der Waals surface area contributed by atoms with Gasteiger partial charge in [-0.25, -0.2) is 0 Å². The van der Waals surface area contributed by atoms with E-state index in [0.717, 1.165) is 28.3 Å². The molecule has 0 N–H and O–H groups in total. The SMILES string of the molecule is Cc1cc(Br)cc(Cl)c1OCC1CCC1. The van der Waals surface area contributed by atoms with Crippen molar-refractivity contribution in [1.29, 1.82) is 0 Å². The molecule has 0 radical (unpaired) electrons. The van der Waals surface area contributed by atoms with Gasteiger partial charge in [-0.05, 0) is 43.4 Å². The van der Waals surface area contributed by atoms with E-state index in [1.807, 2.05) is 19.1 Å². The second kappa shape index (κ2) is 4.75. The molecule has 1 aliphatic rings. The minimum atomic E-state index is 0.696. The Morgan fingerprint density at radius 3 is 2.73 bits per heavy atom. The molecule has 0 unspecified atom stereocenters. The maximum Gasteiger partial charge on any atom is 0.140 e. The number of hydrogen-bond acceptors (Lipinski definition) is 1. The average molecular weight is 290 g/mol. The number of benzene rings is 1. The Morgan fingerprint density at radius 1 is 1.47 bits per heavy atom. The van der Waals surface area contributed by atoms with Gasteiger partial charge in [0.15, 0.2) is 0 Å². The predicted octanol–water partition coefficient (Wildman–Crippen LogP) is 4.59. The molecule has 1 aromatic carbocycles. The largest absolute Gasteiger partial charge is 0.491 e. The number of hydrogen-bond donors (Lipinski definition) is 0. The Bertz CT molecular complexity index is 338. The molecular formula is C12H14BrClO. The molecule has 1 fully saturated rings. The van der Waals surface area contributed by atoms with Crippen LogP contribution in [0.1, 0.15) is 24.8 Å². The summed E-state index contributed by atoms with van der Waals surface area (Å²) >= 11 is 9.54. The lowest BCUT2D eigenvalue weighted by Crippen LogP contribution is -2.19. The summed E-state index contributed by atoms with van der Waals surface area (Å²) in [6, 6.07) is 3.91. The number of halogens is 2. The van der Waals surface area contributed by atoms with Crippen LogP contribution < -0.4 is 4.74 Å². The Labute approximate surface area is 104 Å². The summed E-state index contributed by atoms with van der Waals surface area (Å²) in [4.78, 5) is 0. The van der Waals surface area contributed by atoms with Gasteiger partial charge in [0.1, 0.15) is 5.75 Å². The molecule has 1 nitrogen and oxygen atoms in total. The Hall–Kier alpha value is -0.210. The van der Waals surface area contributed by atoms with E-state index in [1.54, 1.807) is 0 Å². The number of aryl methyl sites for hydroxylation is 1. The highest BCUT2D eigenvalue weighted by Crippen LogP contribution is 2.34. The van der Waals surface area contributed by atoms with Crippen LogP contribution in [0.3, 0.4) is 0 Å². The summed E-state index contributed by atoms with van der Waals surface area (Å²) in [6.07, 6.45) is 3.95. The Balaban J connectivity index is 2.05. The number of rotatable bonds is 3. The zero-order chi connectivity index (χ0) is 10.8. The minimum absolute atomic E-state index is 0.696. The van der Waals surface area contributed by atoms with E-state index in [4.69, 9.17) is 16.3 Å². The van der Waals surface area contributed by atoms with Crippen molar-refractivity contribution >= 4 is 27.5 Å². The molecule has 1 saturated carbocycles. The molecule has 2 rings (SSSR count). The monoisotopic (exact) mass is 288 g/mol. The summed E-state index contributed by atoms with van der Waals surface area (Å²) < 4.78 is 6.77. The molecule has 0 aromatic heterocycles. The summed E-state index contributed by atoms with van der Waals surface area (Å²) in [5, 5.41) is 0.696. The summed E-state index contributed by atoms with van der Waals surface area (Å²) in [6.45, 7) is 2.83. The van der Waals surface area contributed by atoms with Crippen molar-refractivity contribution in [3.63, 3.8) is 0 Å². The van der Waals surface area contributed by atoms with E-state index in [-0.39, 0.29) is 0 Å². The molecular weight excluding hydrogens is 275 g/mol. The fourth-order valence-corrected chi connectivity index (χ4v) is 2.76. The molecule has 15 heavy (non-hydrogen) atoms. The number of ether oxygens (including phenoxy) is 1. The summed E-state index contributed by atoms with van der Waals surface area (Å²) in [7, 11) is 0. The van der Waals surface area contributed by atoms with Crippen molar-refractivity contribution < 1.29 is 4.74 Å².